The summed E-state index contributed by atoms with van der Waals surface area (Å²) in [7, 11) is 0. The lowest BCUT2D eigenvalue weighted by atomic mass is 10.2. The first-order chi connectivity index (χ1) is 6.84. The van der Waals surface area contributed by atoms with Crippen LogP contribution in [-0.4, -0.2) is 18.0 Å². The Morgan fingerprint density at radius 3 is 2.43 bits per heavy atom. The van der Waals surface area contributed by atoms with Gasteiger partial charge in [-0.1, -0.05) is 12.8 Å². The topological polar surface area (TPSA) is 3.24 Å². The molecule has 2 heterocycles. The van der Waals surface area contributed by atoms with E-state index in [2.05, 4.69) is 33.0 Å². The molecule has 1 aromatic heterocycles. The van der Waals surface area contributed by atoms with Crippen molar-refractivity contribution in [2.45, 2.75) is 32.2 Å². The van der Waals surface area contributed by atoms with Crippen molar-refractivity contribution < 1.29 is 0 Å². The number of halogens is 1. The molecule has 0 aromatic carbocycles. The van der Waals surface area contributed by atoms with Gasteiger partial charge in [0.15, 0.2) is 0 Å². The molecule has 0 spiro atoms. The Balaban J connectivity index is 1.89. The summed E-state index contributed by atoms with van der Waals surface area (Å²) in [6.45, 7) is 3.72. The van der Waals surface area contributed by atoms with Crippen molar-refractivity contribution in [1.29, 1.82) is 0 Å². The maximum Gasteiger partial charge on any atom is 0.0701 e. The summed E-state index contributed by atoms with van der Waals surface area (Å²) >= 11 is 5.38. The fourth-order valence-corrected chi connectivity index (χ4v) is 3.48. The van der Waals surface area contributed by atoms with Crippen molar-refractivity contribution in [3.63, 3.8) is 0 Å². The summed E-state index contributed by atoms with van der Waals surface area (Å²) in [6.07, 6.45) is 5.61. The van der Waals surface area contributed by atoms with Gasteiger partial charge in [0.05, 0.1) is 3.79 Å². The molecule has 2 rings (SSSR count). The van der Waals surface area contributed by atoms with Crippen LogP contribution < -0.4 is 0 Å². The molecule has 1 fully saturated rings. The third kappa shape index (κ3) is 3.07. The van der Waals surface area contributed by atoms with Crippen LogP contribution in [0.5, 0.6) is 0 Å². The SMILES string of the molecule is Brc1ccc(CN2CCCCCC2)s1. The van der Waals surface area contributed by atoms with Crippen molar-refractivity contribution in [3.05, 3.63) is 20.8 Å². The summed E-state index contributed by atoms with van der Waals surface area (Å²) < 4.78 is 1.25. The smallest absolute Gasteiger partial charge is 0.0701 e. The highest BCUT2D eigenvalue weighted by Crippen LogP contribution is 2.24. The van der Waals surface area contributed by atoms with Gasteiger partial charge >= 0.3 is 0 Å². The Morgan fingerprint density at radius 1 is 1.14 bits per heavy atom. The van der Waals surface area contributed by atoms with E-state index in [1.807, 2.05) is 11.3 Å². The third-order valence-electron chi connectivity index (χ3n) is 2.71. The Labute approximate surface area is 98.2 Å². The van der Waals surface area contributed by atoms with Gasteiger partial charge in [-0.3, -0.25) is 4.90 Å². The second-order valence-electron chi connectivity index (χ2n) is 3.90. The Kier molecular flexibility index (Phi) is 4.02. The van der Waals surface area contributed by atoms with Gasteiger partial charge < -0.3 is 0 Å². The molecule has 78 valence electrons. The maximum absolute atomic E-state index is 3.51. The van der Waals surface area contributed by atoms with Crippen LogP contribution in [0.25, 0.3) is 0 Å². The van der Waals surface area contributed by atoms with Gasteiger partial charge in [-0.25, -0.2) is 0 Å². The summed E-state index contributed by atoms with van der Waals surface area (Å²) in [4.78, 5) is 4.07. The van der Waals surface area contributed by atoms with E-state index in [0.717, 1.165) is 6.54 Å². The minimum absolute atomic E-state index is 1.15. The lowest BCUT2D eigenvalue weighted by molar-refractivity contribution is 0.279. The van der Waals surface area contributed by atoms with Crippen LogP contribution in [0.4, 0.5) is 0 Å². The molecular formula is C11H16BrNS. The molecule has 1 aromatic rings. The molecule has 0 saturated carbocycles. The van der Waals surface area contributed by atoms with Crippen LogP contribution in [0, 0.1) is 0 Å². The molecule has 0 atom stereocenters. The number of rotatable bonds is 2. The van der Waals surface area contributed by atoms with Gasteiger partial charge in [0.25, 0.3) is 0 Å². The Morgan fingerprint density at radius 2 is 1.86 bits per heavy atom. The first-order valence-electron chi connectivity index (χ1n) is 5.31. The largest absolute Gasteiger partial charge is 0.298 e. The normalized spacial score (nSPS) is 19.5. The number of thiophene rings is 1. The maximum atomic E-state index is 3.51. The van der Waals surface area contributed by atoms with Crippen LogP contribution in [0.3, 0.4) is 0 Å². The quantitative estimate of drug-likeness (QED) is 0.791. The molecule has 0 N–H and O–H groups in total. The number of hydrogen-bond acceptors (Lipinski definition) is 2. The average molecular weight is 274 g/mol. The molecule has 14 heavy (non-hydrogen) atoms. The van der Waals surface area contributed by atoms with Crippen molar-refractivity contribution in [2.24, 2.45) is 0 Å². The van der Waals surface area contributed by atoms with E-state index >= 15 is 0 Å². The zero-order valence-corrected chi connectivity index (χ0v) is 10.7. The molecule has 0 bridgehead atoms. The Bertz CT molecular complexity index is 277. The van der Waals surface area contributed by atoms with Gasteiger partial charge in [-0.05, 0) is 54.0 Å². The van der Waals surface area contributed by atoms with Crippen molar-refractivity contribution >= 4 is 27.3 Å². The van der Waals surface area contributed by atoms with E-state index in [-0.39, 0.29) is 0 Å². The van der Waals surface area contributed by atoms with E-state index < -0.39 is 0 Å². The van der Waals surface area contributed by atoms with Crippen molar-refractivity contribution in [3.8, 4) is 0 Å². The zero-order chi connectivity index (χ0) is 9.80. The molecular weight excluding hydrogens is 258 g/mol. The van der Waals surface area contributed by atoms with Gasteiger partial charge in [-0.2, -0.15) is 0 Å². The van der Waals surface area contributed by atoms with Gasteiger partial charge in [-0.15, -0.1) is 11.3 Å². The summed E-state index contributed by atoms with van der Waals surface area (Å²) in [6, 6.07) is 4.39. The summed E-state index contributed by atoms with van der Waals surface area (Å²) in [5.41, 5.74) is 0. The van der Waals surface area contributed by atoms with Crippen LogP contribution >= 0.6 is 27.3 Å². The molecule has 0 radical (unpaired) electrons. The Hall–Kier alpha value is 0.140. The first-order valence-corrected chi connectivity index (χ1v) is 6.92. The van der Waals surface area contributed by atoms with E-state index in [1.54, 1.807) is 0 Å². The molecule has 1 nitrogen and oxygen atoms in total. The van der Waals surface area contributed by atoms with Gasteiger partial charge in [0.1, 0.15) is 0 Å². The number of hydrogen-bond donors (Lipinski definition) is 0. The average Bonchev–Trinajstić information content (AvgIpc) is 2.43. The third-order valence-corrected chi connectivity index (χ3v) is 4.32. The predicted octanol–water partition coefficient (Wildman–Crippen LogP) is 3.89. The fourth-order valence-electron chi connectivity index (χ4n) is 1.95. The lowest BCUT2D eigenvalue weighted by Gasteiger charge is -2.18. The van der Waals surface area contributed by atoms with Crippen LogP contribution in [0.15, 0.2) is 15.9 Å². The molecule has 1 aliphatic heterocycles. The minimum atomic E-state index is 1.15. The molecule has 1 aliphatic rings. The predicted molar refractivity (Wildman–Crippen MR) is 65.8 cm³/mol. The molecule has 3 heteroatoms. The zero-order valence-electron chi connectivity index (χ0n) is 8.34. The number of likely N-dealkylation sites (tertiary alicyclic amines) is 1. The molecule has 0 unspecified atom stereocenters. The highest BCUT2D eigenvalue weighted by Gasteiger charge is 2.10. The van der Waals surface area contributed by atoms with Gasteiger partial charge in [0.2, 0.25) is 0 Å². The van der Waals surface area contributed by atoms with Crippen molar-refractivity contribution in [2.75, 3.05) is 13.1 Å². The molecule has 1 saturated heterocycles. The van der Waals surface area contributed by atoms with Crippen LogP contribution in [0.2, 0.25) is 0 Å². The molecule has 0 aliphatic carbocycles. The highest BCUT2D eigenvalue weighted by atomic mass is 79.9. The molecule has 0 amide bonds. The monoisotopic (exact) mass is 273 g/mol. The summed E-state index contributed by atoms with van der Waals surface area (Å²) in [5, 5.41) is 0. The fraction of sp³-hybridized carbons (Fsp3) is 0.636. The van der Waals surface area contributed by atoms with E-state index in [9.17, 15) is 0 Å². The summed E-state index contributed by atoms with van der Waals surface area (Å²) in [5.74, 6) is 0. The van der Waals surface area contributed by atoms with Crippen LogP contribution in [0.1, 0.15) is 30.6 Å². The second-order valence-corrected chi connectivity index (χ2v) is 6.44. The first kappa shape index (κ1) is 10.7. The minimum Gasteiger partial charge on any atom is -0.298 e. The lowest BCUT2D eigenvalue weighted by Crippen LogP contribution is -2.23. The standard InChI is InChI=1S/C11H16BrNS/c12-11-6-5-10(14-11)9-13-7-3-1-2-4-8-13/h5-6H,1-4,7-9H2. The van der Waals surface area contributed by atoms with E-state index in [1.165, 1.54) is 47.4 Å². The second kappa shape index (κ2) is 5.29. The highest BCUT2D eigenvalue weighted by molar-refractivity contribution is 9.11. The van der Waals surface area contributed by atoms with Crippen molar-refractivity contribution in [1.82, 2.24) is 4.90 Å². The number of nitrogens with zero attached hydrogens (tertiary/aromatic N) is 1. The van der Waals surface area contributed by atoms with E-state index in [4.69, 9.17) is 0 Å². The van der Waals surface area contributed by atoms with Gasteiger partial charge in [0, 0.05) is 11.4 Å². The van der Waals surface area contributed by atoms with Crippen LogP contribution in [-0.2, 0) is 6.54 Å². The van der Waals surface area contributed by atoms with E-state index in [0.29, 0.717) is 0 Å².